The van der Waals surface area contributed by atoms with Crippen LogP contribution < -0.4 is 0 Å². The first-order valence-corrected chi connectivity index (χ1v) is 8.84. The van der Waals surface area contributed by atoms with Crippen molar-refractivity contribution >= 4 is 39.8 Å². The molecule has 0 aliphatic carbocycles. The van der Waals surface area contributed by atoms with Crippen LogP contribution in [0.4, 0.5) is 4.79 Å². The monoisotopic (exact) mass is 358 g/mol. The first-order valence-electron chi connectivity index (χ1n) is 8.03. The summed E-state index contributed by atoms with van der Waals surface area (Å²) in [7, 11) is 0. The summed E-state index contributed by atoms with van der Waals surface area (Å²) < 4.78 is 1.99. The molecule has 0 spiro atoms. The average Bonchev–Trinajstić information content (AvgIpc) is 3.22. The van der Waals surface area contributed by atoms with Crippen molar-refractivity contribution in [3.63, 3.8) is 0 Å². The summed E-state index contributed by atoms with van der Waals surface area (Å²) in [5.74, 6) is 2.00. The Morgan fingerprint density at radius 1 is 1.04 bits per heavy atom. The molecule has 2 amide bonds. The second-order valence-corrected chi connectivity index (χ2v) is 6.80. The van der Waals surface area contributed by atoms with Crippen LogP contribution in [0.15, 0.2) is 65.7 Å². The Labute approximate surface area is 155 Å². The number of fused-ring (bicyclic) bond motifs is 1. The summed E-state index contributed by atoms with van der Waals surface area (Å²) in [4.78, 5) is 25.8. The maximum absolute atomic E-state index is 12.4. The van der Waals surface area contributed by atoms with E-state index in [1.807, 2.05) is 41.1 Å². The Hall–Kier alpha value is -3.23. The van der Waals surface area contributed by atoms with Gasteiger partial charge in [0.1, 0.15) is 0 Å². The van der Waals surface area contributed by atoms with E-state index in [1.54, 1.807) is 6.08 Å². The van der Waals surface area contributed by atoms with Crippen LogP contribution in [0.1, 0.15) is 5.69 Å². The van der Waals surface area contributed by atoms with Crippen LogP contribution in [0.5, 0.6) is 0 Å². The van der Waals surface area contributed by atoms with Crippen molar-refractivity contribution in [2.24, 2.45) is 0 Å². The zero-order valence-corrected chi connectivity index (χ0v) is 14.6. The minimum absolute atomic E-state index is 0.00626. The third-order valence-electron chi connectivity index (χ3n) is 4.19. The SMILES string of the molecule is C#CCN1C(=O)S/C(=C\c2cccn2-c2ccc3ccccc3c2)C1=O. The van der Waals surface area contributed by atoms with Crippen LogP contribution in [0, 0.1) is 12.3 Å². The summed E-state index contributed by atoms with van der Waals surface area (Å²) in [5, 5.41) is 1.97. The van der Waals surface area contributed by atoms with Crippen molar-refractivity contribution in [3.05, 3.63) is 71.4 Å². The topological polar surface area (TPSA) is 42.3 Å². The second-order valence-electron chi connectivity index (χ2n) is 5.81. The molecule has 0 N–H and O–H groups in total. The predicted molar refractivity (Wildman–Crippen MR) is 105 cm³/mol. The van der Waals surface area contributed by atoms with Crippen molar-refractivity contribution in [1.82, 2.24) is 9.47 Å². The summed E-state index contributed by atoms with van der Waals surface area (Å²) in [5.41, 5.74) is 1.81. The Bertz CT molecular complexity index is 1100. The highest BCUT2D eigenvalue weighted by atomic mass is 32.2. The number of terminal acetylenes is 1. The largest absolute Gasteiger partial charge is 0.317 e. The zero-order valence-electron chi connectivity index (χ0n) is 13.8. The Morgan fingerprint density at radius 3 is 2.65 bits per heavy atom. The van der Waals surface area contributed by atoms with Gasteiger partial charge < -0.3 is 4.57 Å². The van der Waals surface area contributed by atoms with Crippen molar-refractivity contribution < 1.29 is 9.59 Å². The lowest BCUT2D eigenvalue weighted by atomic mass is 10.1. The Balaban J connectivity index is 1.72. The molecule has 4 rings (SSSR count). The number of benzene rings is 2. The van der Waals surface area contributed by atoms with E-state index in [9.17, 15) is 9.59 Å². The normalized spacial score (nSPS) is 15.8. The third kappa shape index (κ3) is 2.81. The maximum atomic E-state index is 12.4. The van der Waals surface area contributed by atoms with Gasteiger partial charge in [0, 0.05) is 17.6 Å². The molecule has 1 saturated heterocycles. The molecule has 1 aromatic heterocycles. The predicted octanol–water partition coefficient (Wildman–Crippen LogP) is 4.30. The van der Waals surface area contributed by atoms with Crippen molar-refractivity contribution in [2.45, 2.75) is 0 Å². The van der Waals surface area contributed by atoms with E-state index in [4.69, 9.17) is 6.42 Å². The molecule has 3 aromatic rings. The lowest BCUT2D eigenvalue weighted by Crippen LogP contribution is -2.28. The summed E-state index contributed by atoms with van der Waals surface area (Å²) >= 11 is 0.916. The highest BCUT2D eigenvalue weighted by molar-refractivity contribution is 8.18. The van der Waals surface area contributed by atoms with Crippen LogP contribution in [-0.4, -0.2) is 27.2 Å². The number of carbonyl (C=O) groups is 2. The standard InChI is InChI=1S/C21H14N2O2S/c1-2-11-23-20(24)19(26-21(23)25)14-17-8-5-12-22(17)18-10-9-15-6-3-4-7-16(15)13-18/h1,3-10,12-14H,11H2/b19-14-. The van der Waals surface area contributed by atoms with Gasteiger partial charge in [0.05, 0.1) is 11.4 Å². The molecular formula is C21H14N2O2S. The minimum atomic E-state index is -0.343. The van der Waals surface area contributed by atoms with Crippen LogP contribution in [0.25, 0.3) is 22.5 Å². The number of aromatic nitrogens is 1. The highest BCUT2D eigenvalue weighted by Gasteiger charge is 2.34. The number of amides is 2. The highest BCUT2D eigenvalue weighted by Crippen LogP contribution is 2.32. The van der Waals surface area contributed by atoms with Crippen LogP contribution >= 0.6 is 11.8 Å². The number of hydrogen-bond acceptors (Lipinski definition) is 3. The molecule has 0 saturated carbocycles. The van der Waals surface area contributed by atoms with E-state index >= 15 is 0 Å². The van der Waals surface area contributed by atoms with Gasteiger partial charge in [-0.2, -0.15) is 0 Å². The van der Waals surface area contributed by atoms with Gasteiger partial charge in [-0.05, 0) is 52.9 Å². The molecule has 126 valence electrons. The van der Waals surface area contributed by atoms with Gasteiger partial charge in [-0.1, -0.05) is 36.3 Å². The first kappa shape index (κ1) is 16.2. The van der Waals surface area contributed by atoms with E-state index < -0.39 is 0 Å². The fourth-order valence-electron chi connectivity index (χ4n) is 2.94. The van der Waals surface area contributed by atoms with Gasteiger partial charge in [0.15, 0.2) is 0 Å². The van der Waals surface area contributed by atoms with E-state index in [0.29, 0.717) is 4.91 Å². The summed E-state index contributed by atoms with van der Waals surface area (Å²) in [6.45, 7) is -0.00626. The number of nitrogens with zero attached hydrogens (tertiary/aromatic N) is 2. The van der Waals surface area contributed by atoms with Gasteiger partial charge in [-0.3, -0.25) is 14.5 Å². The molecule has 2 aromatic carbocycles. The molecule has 1 aliphatic rings. The number of carbonyl (C=O) groups excluding carboxylic acids is 2. The maximum Gasteiger partial charge on any atom is 0.294 e. The fraction of sp³-hybridized carbons (Fsp3) is 0.0476. The molecule has 26 heavy (non-hydrogen) atoms. The van der Waals surface area contributed by atoms with Gasteiger partial charge in [-0.15, -0.1) is 6.42 Å². The molecule has 1 fully saturated rings. The molecule has 4 nitrogen and oxygen atoms in total. The first-order chi connectivity index (χ1) is 12.7. The molecular weight excluding hydrogens is 344 g/mol. The minimum Gasteiger partial charge on any atom is -0.317 e. The van der Waals surface area contributed by atoms with Crippen LogP contribution in [0.2, 0.25) is 0 Å². The van der Waals surface area contributed by atoms with Gasteiger partial charge in [0.25, 0.3) is 11.1 Å². The molecule has 0 unspecified atom stereocenters. The lowest BCUT2D eigenvalue weighted by molar-refractivity contribution is -0.122. The van der Waals surface area contributed by atoms with Gasteiger partial charge in [0.2, 0.25) is 0 Å². The van der Waals surface area contributed by atoms with Crippen molar-refractivity contribution in [3.8, 4) is 18.0 Å². The average molecular weight is 358 g/mol. The molecule has 5 heteroatoms. The number of thioether (sulfide) groups is 1. The number of rotatable bonds is 3. The van der Waals surface area contributed by atoms with E-state index in [2.05, 4.69) is 30.2 Å². The second kappa shape index (κ2) is 6.58. The number of imide groups is 1. The smallest absolute Gasteiger partial charge is 0.294 e. The van der Waals surface area contributed by atoms with Crippen molar-refractivity contribution in [2.75, 3.05) is 6.54 Å². The lowest BCUT2D eigenvalue weighted by Gasteiger charge is -2.09. The van der Waals surface area contributed by atoms with E-state index in [-0.39, 0.29) is 17.7 Å². The third-order valence-corrected chi connectivity index (χ3v) is 5.10. The zero-order chi connectivity index (χ0) is 18.1. The molecule has 0 bridgehead atoms. The van der Waals surface area contributed by atoms with Crippen molar-refractivity contribution in [1.29, 1.82) is 0 Å². The van der Waals surface area contributed by atoms with Gasteiger partial charge in [-0.25, -0.2) is 0 Å². The summed E-state index contributed by atoms with van der Waals surface area (Å²) in [6, 6.07) is 18.1. The Kier molecular flexibility index (Phi) is 4.11. The fourth-order valence-corrected chi connectivity index (χ4v) is 3.76. The quantitative estimate of drug-likeness (QED) is 0.518. The van der Waals surface area contributed by atoms with Crippen LogP contribution in [-0.2, 0) is 4.79 Å². The summed E-state index contributed by atoms with van der Waals surface area (Å²) in [6.07, 6.45) is 8.90. The van der Waals surface area contributed by atoms with E-state index in [0.717, 1.165) is 33.4 Å². The van der Waals surface area contributed by atoms with Crippen LogP contribution in [0.3, 0.4) is 0 Å². The molecule has 0 atom stereocenters. The number of hydrogen-bond donors (Lipinski definition) is 0. The van der Waals surface area contributed by atoms with Gasteiger partial charge >= 0.3 is 0 Å². The Morgan fingerprint density at radius 2 is 1.85 bits per heavy atom. The molecule has 1 aliphatic heterocycles. The molecule has 2 heterocycles. The van der Waals surface area contributed by atoms with E-state index in [1.165, 1.54) is 5.39 Å². The molecule has 0 radical (unpaired) electrons.